The summed E-state index contributed by atoms with van der Waals surface area (Å²) in [5.74, 6) is -0.324. The van der Waals surface area contributed by atoms with E-state index in [2.05, 4.69) is 26.2 Å². The van der Waals surface area contributed by atoms with Crippen LogP contribution in [0.25, 0.3) is 32.4 Å². The summed E-state index contributed by atoms with van der Waals surface area (Å²) in [6, 6.07) is 21.4. The number of hydrogen-bond acceptors (Lipinski definition) is 6. The number of amides is 1. The van der Waals surface area contributed by atoms with Crippen LogP contribution in [0.15, 0.2) is 77.3 Å². The van der Waals surface area contributed by atoms with Gasteiger partial charge in [-0.3, -0.25) is 20.2 Å². The lowest BCUT2D eigenvalue weighted by Gasteiger charge is -2.09. The molecule has 0 aliphatic heterocycles. The van der Waals surface area contributed by atoms with Crippen LogP contribution in [0, 0.1) is 10.1 Å². The molecule has 2 heterocycles. The molecular formula is C23H13BrN4O3S. The van der Waals surface area contributed by atoms with Crippen molar-refractivity contribution in [2.45, 2.75) is 0 Å². The summed E-state index contributed by atoms with van der Waals surface area (Å²) in [5.41, 5.74) is 3.32. The number of benzene rings is 3. The molecule has 1 N–H and O–H groups in total. The van der Waals surface area contributed by atoms with Crippen LogP contribution in [0.1, 0.15) is 10.4 Å². The number of anilines is 1. The molecule has 2 aromatic heterocycles. The van der Waals surface area contributed by atoms with Gasteiger partial charge in [0.2, 0.25) is 0 Å². The second-order valence-corrected chi connectivity index (χ2v) is 8.91. The Bertz CT molecular complexity index is 1520. The van der Waals surface area contributed by atoms with Crippen molar-refractivity contribution in [2.24, 2.45) is 0 Å². The van der Waals surface area contributed by atoms with E-state index < -0.39 is 4.92 Å². The number of pyridine rings is 1. The van der Waals surface area contributed by atoms with Gasteiger partial charge in [0.05, 0.1) is 31.9 Å². The van der Waals surface area contributed by atoms with E-state index in [4.69, 9.17) is 4.98 Å². The summed E-state index contributed by atoms with van der Waals surface area (Å²) >= 11 is 4.62. The van der Waals surface area contributed by atoms with Crippen molar-refractivity contribution in [3.63, 3.8) is 0 Å². The minimum atomic E-state index is -0.454. The number of nitro groups is 1. The fourth-order valence-electron chi connectivity index (χ4n) is 3.38. The predicted octanol–water partition coefficient (Wildman–Crippen LogP) is 6.43. The first-order valence-corrected chi connectivity index (χ1v) is 11.1. The number of para-hydroxylation sites is 1. The SMILES string of the molecule is O=C(Nc1nc2ccc([N+](=O)[O-])cc2s1)c1cc(-c2ccc(Br)cc2)nc2ccccc12. The number of aromatic nitrogens is 2. The van der Waals surface area contributed by atoms with Crippen LogP contribution in [-0.2, 0) is 0 Å². The number of thiazole rings is 1. The van der Waals surface area contributed by atoms with Crippen LogP contribution in [0.4, 0.5) is 10.8 Å². The molecule has 3 aromatic carbocycles. The summed E-state index contributed by atoms with van der Waals surface area (Å²) in [7, 11) is 0. The van der Waals surface area contributed by atoms with E-state index in [9.17, 15) is 14.9 Å². The van der Waals surface area contributed by atoms with Crippen molar-refractivity contribution in [3.05, 3.63) is 92.9 Å². The Balaban J connectivity index is 1.54. The first-order valence-electron chi connectivity index (χ1n) is 9.50. The van der Waals surface area contributed by atoms with Gasteiger partial charge < -0.3 is 0 Å². The normalized spacial score (nSPS) is 11.0. The lowest BCUT2D eigenvalue weighted by molar-refractivity contribution is -0.384. The van der Waals surface area contributed by atoms with Gasteiger partial charge in [-0.15, -0.1) is 0 Å². The fraction of sp³-hybridized carbons (Fsp3) is 0. The molecule has 1 amide bonds. The Hall–Kier alpha value is -3.69. The van der Waals surface area contributed by atoms with Crippen LogP contribution in [-0.4, -0.2) is 20.8 Å². The number of carbonyl (C=O) groups is 1. The molecule has 0 aliphatic carbocycles. The molecule has 9 heteroatoms. The minimum absolute atomic E-state index is 0.0155. The zero-order valence-corrected chi connectivity index (χ0v) is 18.7. The third-order valence-electron chi connectivity index (χ3n) is 4.90. The van der Waals surface area contributed by atoms with E-state index in [1.54, 1.807) is 12.1 Å². The Morgan fingerprint density at radius 3 is 2.53 bits per heavy atom. The van der Waals surface area contributed by atoms with Crippen molar-refractivity contribution in [1.29, 1.82) is 0 Å². The summed E-state index contributed by atoms with van der Waals surface area (Å²) in [6.07, 6.45) is 0. The highest BCUT2D eigenvalue weighted by Gasteiger charge is 2.17. The van der Waals surface area contributed by atoms with Crippen molar-refractivity contribution in [2.75, 3.05) is 5.32 Å². The van der Waals surface area contributed by atoms with Crippen LogP contribution in [0.2, 0.25) is 0 Å². The Morgan fingerprint density at radius 1 is 0.969 bits per heavy atom. The molecule has 0 bridgehead atoms. The van der Waals surface area contributed by atoms with Gasteiger partial charge in [0.15, 0.2) is 5.13 Å². The molecule has 0 radical (unpaired) electrons. The molecule has 5 rings (SSSR count). The fourth-order valence-corrected chi connectivity index (χ4v) is 4.53. The molecule has 7 nitrogen and oxygen atoms in total. The first kappa shape index (κ1) is 20.2. The molecule has 0 saturated carbocycles. The number of fused-ring (bicyclic) bond motifs is 2. The van der Waals surface area contributed by atoms with Gasteiger partial charge in [0.1, 0.15) is 0 Å². The van der Waals surface area contributed by atoms with Gasteiger partial charge in [-0.25, -0.2) is 9.97 Å². The molecule has 0 spiro atoms. The topological polar surface area (TPSA) is 98.0 Å². The standard InChI is InChI=1S/C23H13BrN4O3S/c24-14-7-5-13(6-8-14)20-12-17(16-3-1-2-4-18(16)25-20)22(29)27-23-26-19-10-9-15(28(30)31)11-21(19)32-23/h1-12H,(H,26,27,29). The van der Waals surface area contributed by atoms with Crippen molar-refractivity contribution >= 4 is 65.1 Å². The monoisotopic (exact) mass is 504 g/mol. The number of carbonyl (C=O) groups excluding carboxylic acids is 1. The van der Waals surface area contributed by atoms with Crippen LogP contribution in [0.5, 0.6) is 0 Å². The lowest BCUT2D eigenvalue weighted by Crippen LogP contribution is -2.13. The lowest BCUT2D eigenvalue weighted by atomic mass is 10.0. The quantitative estimate of drug-likeness (QED) is 0.224. The molecule has 156 valence electrons. The smallest absolute Gasteiger partial charge is 0.270 e. The zero-order valence-electron chi connectivity index (χ0n) is 16.3. The van der Waals surface area contributed by atoms with Gasteiger partial charge in [0, 0.05) is 27.6 Å². The molecule has 0 aliphatic rings. The highest BCUT2D eigenvalue weighted by atomic mass is 79.9. The number of halogens is 1. The average molecular weight is 505 g/mol. The van der Waals surface area contributed by atoms with Gasteiger partial charge in [0.25, 0.3) is 11.6 Å². The van der Waals surface area contributed by atoms with E-state index >= 15 is 0 Å². The Labute approximate surface area is 194 Å². The first-order chi connectivity index (χ1) is 15.5. The molecule has 0 fully saturated rings. The number of nitrogens with one attached hydrogen (secondary N) is 1. The molecule has 32 heavy (non-hydrogen) atoms. The van der Waals surface area contributed by atoms with Crippen LogP contribution in [0.3, 0.4) is 0 Å². The molecule has 0 unspecified atom stereocenters. The van der Waals surface area contributed by atoms with Crippen molar-refractivity contribution in [1.82, 2.24) is 9.97 Å². The predicted molar refractivity (Wildman–Crippen MR) is 129 cm³/mol. The third kappa shape index (κ3) is 3.83. The number of nitrogens with zero attached hydrogens (tertiary/aromatic N) is 3. The summed E-state index contributed by atoms with van der Waals surface area (Å²) < 4.78 is 1.58. The van der Waals surface area contributed by atoms with Crippen molar-refractivity contribution < 1.29 is 9.72 Å². The Kier molecular flexibility index (Phi) is 5.12. The van der Waals surface area contributed by atoms with Crippen LogP contribution < -0.4 is 5.32 Å². The number of non-ortho nitro benzene ring substituents is 1. The van der Waals surface area contributed by atoms with Gasteiger partial charge in [-0.05, 0) is 30.3 Å². The maximum Gasteiger partial charge on any atom is 0.270 e. The second kappa shape index (κ2) is 8.10. The maximum atomic E-state index is 13.2. The summed E-state index contributed by atoms with van der Waals surface area (Å²) in [4.78, 5) is 32.9. The third-order valence-corrected chi connectivity index (χ3v) is 6.37. The Morgan fingerprint density at radius 2 is 1.75 bits per heavy atom. The maximum absolute atomic E-state index is 13.2. The van der Waals surface area contributed by atoms with E-state index in [-0.39, 0.29) is 11.6 Å². The molecule has 5 aromatic rings. The minimum Gasteiger partial charge on any atom is -0.298 e. The number of rotatable bonds is 4. The summed E-state index contributed by atoms with van der Waals surface area (Å²) in [5, 5.41) is 15.0. The highest BCUT2D eigenvalue weighted by molar-refractivity contribution is 9.10. The molecular weight excluding hydrogens is 492 g/mol. The van der Waals surface area contributed by atoms with Crippen LogP contribution >= 0.6 is 27.3 Å². The zero-order chi connectivity index (χ0) is 22.2. The van der Waals surface area contributed by atoms with Crippen molar-refractivity contribution in [3.8, 4) is 11.3 Å². The molecule has 0 atom stereocenters. The largest absolute Gasteiger partial charge is 0.298 e. The summed E-state index contributed by atoms with van der Waals surface area (Å²) in [6.45, 7) is 0. The highest BCUT2D eigenvalue weighted by Crippen LogP contribution is 2.31. The van der Waals surface area contributed by atoms with E-state index in [0.29, 0.717) is 32.1 Å². The van der Waals surface area contributed by atoms with Gasteiger partial charge >= 0.3 is 0 Å². The van der Waals surface area contributed by atoms with E-state index in [1.807, 2.05) is 48.5 Å². The molecule has 0 saturated heterocycles. The average Bonchev–Trinajstić information content (AvgIpc) is 3.20. The van der Waals surface area contributed by atoms with Gasteiger partial charge in [-0.1, -0.05) is 57.6 Å². The number of hydrogen-bond donors (Lipinski definition) is 1. The van der Waals surface area contributed by atoms with Gasteiger partial charge in [-0.2, -0.15) is 0 Å². The number of nitro benzene ring substituents is 1. The second-order valence-electron chi connectivity index (χ2n) is 6.96. The van der Waals surface area contributed by atoms with E-state index in [0.717, 1.165) is 15.4 Å². The van der Waals surface area contributed by atoms with E-state index in [1.165, 1.54) is 23.5 Å².